The molecule has 1 atom stereocenters. The topological polar surface area (TPSA) is 68.3 Å². The van der Waals surface area contributed by atoms with Crippen molar-refractivity contribution >= 4 is 57.6 Å². The zero-order chi connectivity index (χ0) is 24.2. The highest BCUT2D eigenvalue weighted by Gasteiger charge is 2.30. The van der Waals surface area contributed by atoms with Gasteiger partial charge in [-0.2, -0.15) is 13.2 Å². The molecule has 1 N–H and O–H groups in total. The van der Waals surface area contributed by atoms with Crippen LogP contribution in [0.5, 0.6) is 0 Å². The number of halogens is 5. The van der Waals surface area contributed by atoms with Crippen LogP contribution in [0.15, 0.2) is 53.9 Å². The lowest BCUT2D eigenvalue weighted by molar-refractivity contribution is -0.148. The van der Waals surface area contributed by atoms with Gasteiger partial charge in [0.15, 0.2) is 11.2 Å². The maximum absolute atomic E-state index is 12.8. The van der Waals surface area contributed by atoms with E-state index < -0.39 is 29.7 Å². The number of esters is 1. The molecule has 172 valence electrons. The summed E-state index contributed by atoms with van der Waals surface area (Å²) in [6, 6.07) is 9.46. The second-order valence-corrected chi connectivity index (χ2v) is 8.36. The highest BCUT2D eigenvalue weighted by molar-refractivity contribution is 7.14. The van der Waals surface area contributed by atoms with Crippen LogP contribution in [0.2, 0.25) is 10.0 Å². The van der Waals surface area contributed by atoms with E-state index in [9.17, 15) is 22.8 Å². The van der Waals surface area contributed by atoms with Gasteiger partial charge >= 0.3 is 12.1 Å². The molecule has 11 heteroatoms. The van der Waals surface area contributed by atoms with E-state index in [1.54, 1.807) is 23.6 Å². The highest BCUT2D eigenvalue weighted by Crippen LogP contribution is 2.31. The van der Waals surface area contributed by atoms with E-state index in [4.69, 9.17) is 27.9 Å². The van der Waals surface area contributed by atoms with Gasteiger partial charge < -0.3 is 4.74 Å². The fourth-order valence-electron chi connectivity index (χ4n) is 2.58. The van der Waals surface area contributed by atoms with Gasteiger partial charge in [0, 0.05) is 17.0 Å². The van der Waals surface area contributed by atoms with Crippen LogP contribution >= 0.6 is 34.5 Å². The Morgan fingerprint density at radius 2 is 1.91 bits per heavy atom. The molecule has 2 aromatic carbocycles. The number of anilines is 1. The summed E-state index contributed by atoms with van der Waals surface area (Å²) in [5.41, 5.74) is 0.605. The molecule has 0 unspecified atom stereocenters. The van der Waals surface area contributed by atoms with Crippen LogP contribution in [0, 0.1) is 0 Å². The molecule has 0 spiro atoms. The number of hydrogen-bond donors (Lipinski definition) is 1. The van der Waals surface area contributed by atoms with E-state index in [-0.39, 0.29) is 10.7 Å². The van der Waals surface area contributed by atoms with E-state index in [1.165, 1.54) is 25.1 Å². The lowest BCUT2D eigenvalue weighted by Crippen LogP contribution is -2.29. The molecule has 5 nitrogen and oxygen atoms in total. The molecule has 0 saturated carbocycles. The standard InChI is InChI=1S/C22H15Cl2F3N2O3S/c1-12(32-19(30)8-5-13-3-2-4-15(9-13)22(25,26)27)20(31)29-21-28-18(11-33-21)14-6-7-16(23)17(24)10-14/h2-12H,1H3,(H,28,29,31)/b8-5+/t12-/m1/s1. The third kappa shape index (κ3) is 6.80. The normalized spacial score (nSPS) is 12.5. The van der Waals surface area contributed by atoms with Gasteiger partial charge in [-0.3, -0.25) is 10.1 Å². The molecule has 1 amide bonds. The Kier molecular flexibility index (Phi) is 7.78. The number of hydrogen-bond acceptors (Lipinski definition) is 5. The van der Waals surface area contributed by atoms with Crippen molar-refractivity contribution in [2.75, 3.05) is 5.32 Å². The minimum absolute atomic E-state index is 0.163. The number of aromatic nitrogens is 1. The molecule has 0 saturated heterocycles. The lowest BCUT2D eigenvalue weighted by atomic mass is 10.1. The van der Waals surface area contributed by atoms with Gasteiger partial charge in [0.25, 0.3) is 5.91 Å². The Labute approximate surface area is 200 Å². The zero-order valence-corrected chi connectivity index (χ0v) is 19.1. The predicted octanol–water partition coefficient (Wildman–Crippen LogP) is 6.72. The van der Waals surface area contributed by atoms with Crippen LogP contribution in [0.3, 0.4) is 0 Å². The van der Waals surface area contributed by atoms with Crippen molar-refractivity contribution in [2.45, 2.75) is 19.2 Å². The fraction of sp³-hybridized carbons (Fsp3) is 0.136. The smallest absolute Gasteiger partial charge is 0.416 e. The molecule has 3 aromatic rings. The molecule has 1 aromatic heterocycles. The first kappa shape index (κ1) is 24.8. The van der Waals surface area contributed by atoms with E-state index >= 15 is 0 Å². The molecule has 0 aliphatic carbocycles. The Balaban J connectivity index is 1.57. The Bertz CT molecular complexity index is 1210. The Morgan fingerprint density at radius 3 is 2.61 bits per heavy atom. The SMILES string of the molecule is C[C@@H](OC(=O)/C=C/c1cccc(C(F)(F)F)c1)C(=O)Nc1nc(-c2ccc(Cl)c(Cl)c2)cs1. The van der Waals surface area contributed by atoms with Crippen molar-refractivity contribution in [3.63, 3.8) is 0 Å². The summed E-state index contributed by atoms with van der Waals surface area (Å²) in [5.74, 6) is -1.50. The van der Waals surface area contributed by atoms with E-state index in [2.05, 4.69) is 10.3 Å². The average molecular weight is 515 g/mol. The van der Waals surface area contributed by atoms with E-state index in [1.807, 2.05) is 0 Å². The number of thiazole rings is 1. The van der Waals surface area contributed by atoms with Crippen LogP contribution in [0.4, 0.5) is 18.3 Å². The summed E-state index contributed by atoms with van der Waals surface area (Å²) in [4.78, 5) is 28.6. The van der Waals surface area contributed by atoms with Gasteiger partial charge in [-0.25, -0.2) is 9.78 Å². The van der Waals surface area contributed by atoms with Crippen LogP contribution in [0.25, 0.3) is 17.3 Å². The highest BCUT2D eigenvalue weighted by atomic mass is 35.5. The maximum atomic E-state index is 12.8. The number of benzene rings is 2. The molecule has 0 aliphatic heterocycles. The molecule has 33 heavy (non-hydrogen) atoms. The minimum Gasteiger partial charge on any atom is -0.449 e. The molecule has 1 heterocycles. The van der Waals surface area contributed by atoms with Crippen molar-refractivity contribution in [1.82, 2.24) is 4.98 Å². The summed E-state index contributed by atoms with van der Waals surface area (Å²) in [5, 5.41) is 5.31. The van der Waals surface area contributed by atoms with Gasteiger partial charge in [0.05, 0.1) is 21.3 Å². The van der Waals surface area contributed by atoms with Gasteiger partial charge in [-0.05, 0) is 42.8 Å². The van der Waals surface area contributed by atoms with Crippen LogP contribution in [-0.2, 0) is 20.5 Å². The van der Waals surface area contributed by atoms with Crippen LogP contribution < -0.4 is 5.32 Å². The second-order valence-electron chi connectivity index (χ2n) is 6.69. The van der Waals surface area contributed by atoms with E-state index in [0.29, 0.717) is 21.3 Å². The number of carbonyl (C=O) groups is 2. The van der Waals surface area contributed by atoms with Crippen LogP contribution in [0.1, 0.15) is 18.1 Å². The van der Waals surface area contributed by atoms with Gasteiger partial charge in [-0.1, -0.05) is 41.4 Å². The Morgan fingerprint density at radius 1 is 1.15 bits per heavy atom. The number of nitrogens with one attached hydrogen (secondary N) is 1. The number of rotatable bonds is 6. The molecule has 0 radical (unpaired) electrons. The molecule has 0 aliphatic rings. The van der Waals surface area contributed by atoms with Gasteiger partial charge in [0.2, 0.25) is 0 Å². The third-order valence-corrected chi connectivity index (χ3v) is 5.73. The van der Waals surface area contributed by atoms with Crippen molar-refractivity contribution in [1.29, 1.82) is 0 Å². The first-order valence-electron chi connectivity index (χ1n) is 9.30. The number of carbonyl (C=O) groups excluding carboxylic acids is 2. The average Bonchev–Trinajstić information content (AvgIpc) is 3.22. The zero-order valence-electron chi connectivity index (χ0n) is 16.8. The quantitative estimate of drug-likeness (QED) is 0.292. The van der Waals surface area contributed by atoms with E-state index in [0.717, 1.165) is 29.5 Å². The first-order valence-corrected chi connectivity index (χ1v) is 10.9. The lowest BCUT2D eigenvalue weighted by Gasteiger charge is -2.11. The summed E-state index contributed by atoms with van der Waals surface area (Å²) in [7, 11) is 0. The molecule has 0 bridgehead atoms. The summed E-state index contributed by atoms with van der Waals surface area (Å²) >= 11 is 13.1. The molecular formula is C22H15Cl2F3N2O3S. The third-order valence-electron chi connectivity index (χ3n) is 4.24. The fourth-order valence-corrected chi connectivity index (χ4v) is 3.60. The Hall–Kier alpha value is -2.88. The van der Waals surface area contributed by atoms with Crippen LogP contribution in [-0.4, -0.2) is 23.0 Å². The predicted molar refractivity (Wildman–Crippen MR) is 122 cm³/mol. The first-order chi connectivity index (χ1) is 15.5. The van der Waals surface area contributed by atoms with Crippen molar-refractivity contribution in [3.8, 4) is 11.3 Å². The minimum atomic E-state index is -4.49. The van der Waals surface area contributed by atoms with Gasteiger partial charge in [-0.15, -0.1) is 11.3 Å². The summed E-state index contributed by atoms with van der Waals surface area (Å²) in [6.45, 7) is 1.36. The largest absolute Gasteiger partial charge is 0.449 e. The molecular weight excluding hydrogens is 500 g/mol. The molecule has 0 fully saturated rings. The molecule has 3 rings (SSSR count). The summed E-state index contributed by atoms with van der Waals surface area (Å²) < 4.78 is 43.3. The maximum Gasteiger partial charge on any atom is 0.416 e. The van der Waals surface area contributed by atoms with Crippen molar-refractivity contribution < 1.29 is 27.5 Å². The monoisotopic (exact) mass is 514 g/mol. The summed E-state index contributed by atoms with van der Waals surface area (Å²) in [6.07, 6.45) is -3.54. The van der Waals surface area contributed by atoms with Crippen molar-refractivity contribution in [3.05, 3.63) is 75.1 Å². The second kappa shape index (κ2) is 10.4. The number of nitrogens with zero attached hydrogens (tertiary/aromatic N) is 1. The number of alkyl halides is 3. The number of amides is 1. The van der Waals surface area contributed by atoms with Crippen molar-refractivity contribution in [2.24, 2.45) is 0 Å². The van der Waals surface area contributed by atoms with Gasteiger partial charge in [0.1, 0.15) is 0 Å². The number of ether oxygens (including phenoxy) is 1.